The molecule has 0 aliphatic carbocycles. The Labute approximate surface area is 90.3 Å². The number of carbonyl (C=O) groups is 2. The van der Waals surface area contributed by atoms with Crippen LogP contribution in [-0.4, -0.2) is 22.8 Å². The molecule has 0 saturated carbocycles. The lowest BCUT2D eigenvalue weighted by Gasteiger charge is -2.19. The zero-order valence-electron chi connectivity index (χ0n) is 8.13. The number of nitrogens with one attached hydrogen (secondary N) is 1. The van der Waals surface area contributed by atoms with Crippen LogP contribution in [0.2, 0.25) is 0 Å². The number of carbonyl (C=O) groups excluding carboxylic acids is 1. The molecule has 0 unspecified atom stereocenters. The van der Waals surface area contributed by atoms with E-state index in [2.05, 4.69) is 21.2 Å². The molecule has 0 saturated heterocycles. The number of hydrogen-bond acceptors (Lipinski definition) is 3. The Kier molecular flexibility index (Phi) is 4.62. The van der Waals surface area contributed by atoms with Crippen molar-refractivity contribution in [3.8, 4) is 0 Å². The maximum absolute atomic E-state index is 11.1. The molecule has 6 heteroatoms. The fourth-order valence-electron chi connectivity index (χ4n) is 0.541. The quantitative estimate of drug-likeness (QED) is 0.747. The highest BCUT2D eigenvalue weighted by atomic mass is 79.9. The predicted octanol–water partition coefficient (Wildman–Crippen LogP) is 1.83. The van der Waals surface area contributed by atoms with Crippen molar-refractivity contribution in [3.63, 3.8) is 0 Å². The Balaban J connectivity index is 4.26. The lowest BCUT2D eigenvalue weighted by atomic mass is 10.2. The number of carboxylic acids is 1. The number of hydrogen-bond donors (Lipinski definition) is 2. The van der Waals surface area contributed by atoms with E-state index in [0.29, 0.717) is 0 Å². The first-order valence-corrected chi connectivity index (χ1v) is 4.71. The molecular formula is C8H12BrNO4. The van der Waals surface area contributed by atoms with E-state index in [1.807, 2.05) is 0 Å². The zero-order valence-corrected chi connectivity index (χ0v) is 9.71. The molecule has 5 nitrogen and oxygen atoms in total. The molecule has 0 aliphatic rings. The Hall–Kier alpha value is -1.04. The van der Waals surface area contributed by atoms with Crippen LogP contribution < -0.4 is 5.32 Å². The smallest absolute Gasteiger partial charge is 0.412 e. The molecule has 0 atom stereocenters. The summed E-state index contributed by atoms with van der Waals surface area (Å²) >= 11 is 2.81. The monoisotopic (exact) mass is 265 g/mol. The van der Waals surface area contributed by atoms with Crippen LogP contribution in [0.5, 0.6) is 0 Å². The van der Waals surface area contributed by atoms with Gasteiger partial charge in [-0.05, 0) is 20.8 Å². The Bertz CT molecular complexity index is 267. The van der Waals surface area contributed by atoms with Gasteiger partial charge in [-0.25, -0.2) is 9.59 Å². The summed E-state index contributed by atoms with van der Waals surface area (Å²) in [4.78, 5) is 22.6. The largest absolute Gasteiger partial charge is 0.477 e. The maximum atomic E-state index is 11.1. The lowest BCUT2D eigenvalue weighted by Crippen LogP contribution is -2.33. The first-order chi connectivity index (χ1) is 6.26. The molecule has 80 valence electrons. The molecule has 0 aromatic carbocycles. The summed E-state index contributed by atoms with van der Waals surface area (Å²) in [6.45, 7) is 5.06. The molecule has 0 aromatic heterocycles. The average molecular weight is 266 g/mol. The topological polar surface area (TPSA) is 75.6 Å². The second-order valence-electron chi connectivity index (χ2n) is 3.45. The molecule has 0 bridgehead atoms. The molecular weight excluding hydrogens is 254 g/mol. The standard InChI is InChI=1S/C8H12BrNO4/c1-8(2,3)14-7(13)10-5(4-9)6(11)12/h4H,1-3H3,(H,10,13)(H,11,12). The van der Waals surface area contributed by atoms with Crippen molar-refractivity contribution in [2.24, 2.45) is 0 Å². The van der Waals surface area contributed by atoms with Gasteiger partial charge in [0, 0.05) is 4.99 Å². The lowest BCUT2D eigenvalue weighted by molar-refractivity contribution is -0.133. The van der Waals surface area contributed by atoms with E-state index in [4.69, 9.17) is 9.84 Å². The molecule has 0 radical (unpaired) electrons. The number of carboxylic acid groups (broad SMARTS) is 1. The van der Waals surface area contributed by atoms with E-state index in [0.717, 1.165) is 4.99 Å². The number of ether oxygens (including phenoxy) is 1. The number of alkyl carbamates (subject to hydrolysis) is 1. The fraction of sp³-hybridized carbons (Fsp3) is 0.500. The van der Waals surface area contributed by atoms with E-state index in [9.17, 15) is 9.59 Å². The van der Waals surface area contributed by atoms with E-state index < -0.39 is 17.7 Å². The third-order valence-corrected chi connectivity index (χ3v) is 1.43. The van der Waals surface area contributed by atoms with Crippen LogP contribution >= 0.6 is 15.9 Å². The third kappa shape index (κ3) is 5.58. The third-order valence-electron chi connectivity index (χ3n) is 0.975. The van der Waals surface area contributed by atoms with Crippen molar-refractivity contribution in [2.45, 2.75) is 26.4 Å². The molecule has 0 aliphatic heterocycles. The SMILES string of the molecule is CC(C)(C)OC(=O)NC(=CBr)C(=O)O. The summed E-state index contributed by atoms with van der Waals surface area (Å²) in [7, 11) is 0. The normalized spacial score (nSPS) is 12.1. The van der Waals surface area contributed by atoms with Gasteiger partial charge >= 0.3 is 12.1 Å². The van der Waals surface area contributed by atoms with Crippen LogP contribution in [0.1, 0.15) is 20.8 Å². The molecule has 2 N–H and O–H groups in total. The molecule has 0 spiro atoms. The van der Waals surface area contributed by atoms with Crippen molar-refractivity contribution in [2.75, 3.05) is 0 Å². The van der Waals surface area contributed by atoms with Gasteiger partial charge in [-0.1, -0.05) is 15.9 Å². The second-order valence-corrected chi connectivity index (χ2v) is 3.91. The molecule has 0 aromatic rings. The summed E-state index contributed by atoms with van der Waals surface area (Å²) < 4.78 is 4.85. The van der Waals surface area contributed by atoms with E-state index in [1.54, 1.807) is 20.8 Å². The van der Waals surface area contributed by atoms with Gasteiger partial charge in [0.15, 0.2) is 0 Å². The average Bonchev–Trinajstić information content (AvgIpc) is 1.96. The zero-order chi connectivity index (χ0) is 11.4. The molecule has 14 heavy (non-hydrogen) atoms. The summed E-state index contributed by atoms with van der Waals surface area (Å²) in [5.41, 5.74) is -0.931. The van der Waals surface area contributed by atoms with Gasteiger partial charge in [-0.3, -0.25) is 5.32 Å². The minimum atomic E-state index is -1.24. The van der Waals surface area contributed by atoms with Crippen LogP contribution in [0.3, 0.4) is 0 Å². The van der Waals surface area contributed by atoms with Crippen LogP contribution in [0.4, 0.5) is 4.79 Å². The van der Waals surface area contributed by atoms with Crippen LogP contribution in [0.25, 0.3) is 0 Å². The second kappa shape index (κ2) is 4.99. The van der Waals surface area contributed by atoms with Gasteiger partial charge in [0.1, 0.15) is 11.3 Å². The highest BCUT2D eigenvalue weighted by Crippen LogP contribution is 2.07. The number of halogens is 1. The summed E-state index contributed by atoms with van der Waals surface area (Å²) in [6, 6.07) is 0. The molecule has 0 heterocycles. The molecule has 0 rings (SSSR count). The Morgan fingerprint density at radius 1 is 1.43 bits per heavy atom. The first kappa shape index (κ1) is 13.0. The van der Waals surface area contributed by atoms with Crippen molar-refractivity contribution < 1.29 is 19.4 Å². The van der Waals surface area contributed by atoms with Crippen molar-refractivity contribution in [3.05, 3.63) is 10.7 Å². The Morgan fingerprint density at radius 3 is 2.21 bits per heavy atom. The minimum absolute atomic E-state index is 0.278. The fourth-order valence-corrected chi connectivity index (χ4v) is 0.851. The van der Waals surface area contributed by atoms with Crippen LogP contribution in [-0.2, 0) is 9.53 Å². The van der Waals surface area contributed by atoms with E-state index >= 15 is 0 Å². The van der Waals surface area contributed by atoms with Crippen molar-refractivity contribution in [1.29, 1.82) is 0 Å². The Morgan fingerprint density at radius 2 is 1.93 bits per heavy atom. The highest BCUT2D eigenvalue weighted by Gasteiger charge is 2.18. The number of rotatable bonds is 2. The highest BCUT2D eigenvalue weighted by molar-refractivity contribution is 9.11. The molecule has 1 amide bonds. The van der Waals surface area contributed by atoms with Gasteiger partial charge in [-0.2, -0.15) is 0 Å². The van der Waals surface area contributed by atoms with Crippen LogP contribution in [0, 0.1) is 0 Å². The van der Waals surface area contributed by atoms with Gasteiger partial charge in [0.05, 0.1) is 0 Å². The van der Waals surface area contributed by atoms with Gasteiger partial charge in [-0.15, -0.1) is 0 Å². The van der Waals surface area contributed by atoms with Gasteiger partial charge in [0.25, 0.3) is 0 Å². The van der Waals surface area contributed by atoms with E-state index in [-0.39, 0.29) is 5.70 Å². The number of aliphatic carboxylic acids is 1. The maximum Gasteiger partial charge on any atom is 0.412 e. The van der Waals surface area contributed by atoms with Gasteiger partial charge < -0.3 is 9.84 Å². The summed E-state index contributed by atoms with van der Waals surface area (Å²) in [5, 5.41) is 10.6. The minimum Gasteiger partial charge on any atom is -0.477 e. The summed E-state index contributed by atoms with van der Waals surface area (Å²) in [6.07, 6.45) is -0.800. The van der Waals surface area contributed by atoms with Crippen molar-refractivity contribution in [1.82, 2.24) is 5.32 Å². The first-order valence-electron chi connectivity index (χ1n) is 3.80. The summed E-state index contributed by atoms with van der Waals surface area (Å²) in [5.74, 6) is -1.24. The van der Waals surface area contributed by atoms with E-state index in [1.165, 1.54) is 0 Å². The molecule has 0 fully saturated rings. The van der Waals surface area contributed by atoms with Crippen molar-refractivity contribution >= 4 is 28.0 Å². The van der Waals surface area contributed by atoms with Gasteiger partial charge in [0.2, 0.25) is 0 Å². The number of amides is 1. The van der Waals surface area contributed by atoms with Crippen LogP contribution in [0.15, 0.2) is 10.7 Å². The predicted molar refractivity (Wildman–Crippen MR) is 54.0 cm³/mol.